The van der Waals surface area contributed by atoms with Crippen LogP contribution in [-0.4, -0.2) is 20.9 Å². The summed E-state index contributed by atoms with van der Waals surface area (Å²) in [5.74, 6) is -0.912. The van der Waals surface area contributed by atoms with Crippen LogP contribution in [0.1, 0.15) is 30.3 Å². The molecule has 0 bridgehead atoms. The molecule has 0 fully saturated rings. The monoisotopic (exact) mass is 218 g/mol. The zero-order chi connectivity index (χ0) is 11.5. The van der Waals surface area contributed by atoms with E-state index >= 15 is 0 Å². The standard InChI is InChI=1S/C12H14N2O2/c1-2-3-8-14-11(12(15)16)9-6-4-5-7-10(9)13-14/h4-7H,2-3,8H2,1H3,(H,15,16). The molecule has 0 spiro atoms. The van der Waals surface area contributed by atoms with Crippen LogP contribution in [0.25, 0.3) is 10.9 Å². The third-order valence-corrected chi connectivity index (χ3v) is 2.57. The van der Waals surface area contributed by atoms with E-state index in [1.165, 1.54) is 0 Å². The van der Waals surface area contributed by atoms with Crippen molar-refractivity contribution < 1.29 is 9.90 Å². The Morgan fingerprint density at radius 3 is 2.88 bits per heavy atom. The lowest BCUT2D eigenvalue weighted by Crippen LogP contribution is -2.10. The molecule has 1 N–H and O–H groups in total. The minimum absolute atomic E-state index is 0.295. The molecule has 0 saturated carbocycles. The summed E-state index contributed by atoms with van der Waals surface area (Å²) in [7, 11) is 0. The normalized spacial score (nSPS) is 10.8. The summed E-state index contributed by atoms with van der Waals surface area (Å²) in [6, 6.07) is 7.34. The van der Waals surface area contributed by atoms with Crippen LogP contribution < -0.4 is 0 Å². The second-order valence-electron chi connectivity index (χ2n) is 3.75. The molecule has 16 heavy (non-hydrogen) atoms. The molecule has 0 atom stereocenters. The Kier molecular flexibility index (Phi) is 2.90. The Bertz CT molecular complexity index is 517. The third kappa shape index (κ3) is 1.78. The highest BCUT2D eigenvalue weighted by Crippen LogP contribution is 2.18. The fourth-order valence-electron chi connectivity index (χ4n) is 1.78. The zero-order valence-electron chi connectivity index (χ0n) is 9.18. The van der Waals surface area contributed by atoms with Crippen molar-refractivity contribution in [1.29, 1.82) is 0 Å². The smallest absolute Gasteiger partial charge is 0.354 e. The highest BCUT2D eigenvalue weighted by atomic mass is 16.4. The molecule has 2 rings (SSSR count). The maximum Gasteiger partial charge on any atom is 0.354 e. The number of rotatable bonds is 4. The minimum Gasteiger partial charge on any atom is -0.477 e. The molecule has 4 nitrogen and oxygen atoms in total. The van der Waals surface area contributed by atoms with Crippen molar-refractivity contribution in [3.8, 4) is 0 Å². The molecule has 0 amide bonds. The van der Waals surface area contributed by atoms with Gasteiger partial charge in [-0.1, -0.05) is 31.5 Å². The quantitative estimate of drug-likeness (QED) is 0.857. The van der Waals surface area contributed by atoms with Gasteiger partial charge in [-0.05, 0) is 12.5 Å². The van der Waals surface area contributed by atoms with E-state index in [2.05, 4.69) is 12.0 Å². The maximum absolute atomic E-state index is 11.2. The lowest BCUT2D eigenvalue weighted by atomic mass is 10.2. The van der Waals surface area contributed by atoms with Crippen molar-refractivity contribution >= 4 is 16.9 Å². The van der Waals surface area contributed by atoms with E-state index < -0.39 is 5.97 Å². The molecule has 4 heteroatoms. The first-order valence-corrected chi connectivity index (χ1v) is 5.43. The van der Waals surface area contributed by atoms with Gasteiger partial charge in [-0.3, -0.25) is 4.68 Å². The van der Waals surface area contributed by atoms with Crippen molar-refractivity contribution in [1.82, 2.24) is 9.78 Å². The lowest BCUT2D eigenvalue weighted by molar-refractivity contribution is 0.0685. The first kappa shape index (κ1) is 10.7. The van der Waals surface area contributed by atoms with Crippen molar-refractivity contribution in [2.24, 2.45) is 0 Å². The van der Waals surface area contributed by atoms with Gasteiger partial charge in [-0.2, -0.15) is 5.10 Å². The molecule has 0 unspecified atom stereocenters. The average Bonchev–Trinajstić information content (AvgIpc) is 2.64. The van der Waals surface area contributed by atoms with E-state index in [4.69, 9.17) is 0 Å². The largest absolute Gasteiger partial charge is 0.477 e. The van der Waals surface area contributed by atoms with Crippen LogP contribution >= 0.6 is 0 Å². The van der Waals surface area contributed by atoms with E-state index in [1.807, 2.05) is 18.2 Å². The van der Waals surface area contributed by atoms with Crippen LogP contribution in [0.2, 0.25) is 0 Å². The summed E-state index contributed by atoms with van der Waals surface area (Å²) < 4.78 is 1.59. The molecule has 1 aromatic heterocycles. The summed E-state index contributed by atoms with van der Waals surface area (Å²) in [6.07, 6.45) is 1.96. The number of nitrogens with zero attached hydrogens (tertiary/aromatic N) is 2. The molecule has 1 aromatic carbocycles. The van der Waals surface area contributed by atoms with Gasteiger partial charge < -0.3 is 5.11 Å². The van der Waals surface area contributed by atoms with E-state index in [9.17, 15) is 9.90 Å². The Labute approximate surface area is 93.5 Å². The molecule has 0 aliphatic rings. The summed E-state index contributed by atoms with van der Waals surface area (Å²) in [6.45, 7) is 2.73. The Morgan fingerprint density at radius 1 is 1.44 bits per heavy atom. The number of carboxylic acids is 1. The molecular formula is C12H14N2O2. The maximum atomic E-state index is 11.2. The number of carbonyl (C=O) groups is 1. The van der Waals surface area contributed by atoms with E-state index in [1.54, 1.807) is 10.7 Å². The lowest BCUT2D eigenvalue weighted by Gasteiger charge is -2.02. The fourth-order valence-corrected chi connectivity index (χ4v) is 1.78. The van der Waals surface area contributed by atoms with Crippen LogP contribution in [-0.2, 0) is 6.54 Å². The fraction of sp³-hybridized carbons (Fsp3) is 0.333. The Balaban J connectivity index is 2.54. The number of unbranched alkanes of at least 4 members (excludes halogenated alkanes) is 1. The van der Waals surface area contributed by atoms with Gasteiger partial charge in [0.2, 0.25) is 0 Å². The van der Waals surface area contributed by atoms with Crippen LogP contribution in [0, 0.1) is 0 Å². The van der Waals surface area contributed by atoms with Crippen molar-refractivity contribution in [2.75, 3.05) is 0 Å². The van der Waals surface area contributed by atoms with Crippen LogP contribution in [0.4, 0.5) is 0 Å². The SMILES string of the molecule is CCCCn1nc2ccccc2c1C(=O)O. The summed E-state index contributed by atoms with van der Waals surface area (Å²) in [5, 5.41) is 14.2. The molecular weight excluding hydrogens is 204 g/mol. The van der Waals surface area contributed by atoms with Crippen molar-refractivity contribution in [2.45, 2.75) is 26.3 Å². The van der Waals surface area contributed by atoms with E-state index in [0.29, 0.717) is 17.6 Å². The van der Waals surface area contributed by atoms with Gasteiger partial charge in [0.15, 0.2) is 5.69 Å². The first-order chi connectivity index (χ1) is 7.74. The number of fused-ring (bicyclic) bond motifs is 1. The molecule has 0 radical (unpaired) electrons. The van der Waals surface area contributed by atoms with E-state index in [0.717, 1.165) is 18.4 Å². The number of aromatic carboxylic acids is 1. The van der Waals surface area contributed by atoms with E-state index in [-0.39, 0.29) is 0 Å². The molecule has 0 aliphatic heterocycles. The van der Waals surface area contributed by atoms with Crippen LogP contribution in [0.3, 0.4) is 0 Å². The summed E-state index contributed by atoms with van der Waals surface area (Å²) >= 11 is 0. The second kappa shape index (κ2) is 4.35. The van der Waals surface area contributed by atoms with Gasteiger partial charge in [-0.25, -0.2) is 4.79 Å². The molecule has 84 valence electrons. The predicted octanol–water partition coefficient (Wildman–Crippen LogP) is 2.53. The van der Waals surface area contributed by atoms with Crippen LogP contribution in [0.5, 0.6) is 0 Å². The highest BCUT2D eigenvalue weighted by molar-refractivity contribution is 6.01. The topological polar surface area (TPSA) is 55.1 Å². The predicted molar refractivity (Wildman–Crippen MR) is 61.6 cm³/mol. The number of carboxylic acid groups (broad SMARTS) is 1. The second-order valence-corrected chi connectivity index (χ2v) is 3.75. The molecule has 0 aliphatic carbocycles. The third-order valence-electron chi connectivity index (χ3n) is 2.57. The van der Waals surface area contributed by atoms with Gasteiger partial charge >= 0.3 is 5.97 Å². The number of hydrogen-bond acceptors (Lipinski definition) is 2. The van der Waals surface area contributed by atoms with Gasteiger partial charge in [0.05, 0.1) is 5.52 Å². The summed E-state index contributed by atoms with van der Waals surface area (Å²) in [4.78, 5) is 11.2. The van der Waals surface area contributed by atoms with Gasteiger partial charge in [0.1, 0.15) is 0 Å². The molecule has 0 saturated heterocycles. The number of hydrogen-bond donors (Lipinski definition) is 1. The Hall–Kier alpha value is -1.84. The number of benzene rings is 1. The zero-order valence-corrected chi connectivity index (χ0v) is 9.18. The van der Waals surface area contributed by atoms with Gasteiger partial charge in [0.25, 0.3) is 0 Å². The Morgan fingerprint density at radius 2 is 2.19 bits per heavy atom. The van der Waals surface area contributed by atoms with Crippen molar-refractivity contribution in [3.63, 3.8) is 0 Å². The molecule has 2 aromatic rings. The average molecular weight is 218 g/mol. The molecule has 1 heterocycles. The first-order valence-electron chi connectivity index (χ1n) is 5.43. The minimum atomic E-state index is -0.912. The summed E-state index contributed by atoms with van der Waals surface area (Å²) in [5.41, 5.74) is 1.04. The van der Waals surface area contributed by atoms with Crippen LogP contribution in [0.15, 0.2) is 24.3 Å². The van der Waals surface area contributed by atoms with Crippen molar-refractivity contribution in [3.05, 3.63) is 30.0 Å². The highest BCUT2D eigenvalue weighted by Gasteiger charge is 2.16. The van der Waals surface area contributed by atoms with Gasteiger partial charge in [0, 0.05) is 11.9 Å². The van der Waals surface area contributed by atoms with Gasteiger partial charge in [-0.15, -0.1) is 0 Å². The number of aryl methyl sites for hydroxylation is 1. The number of aromatic nitrogens is 2.